The highest BCUT2D eigenvalue weighted by atomic mass is 35.5. The number of carbonyl (C=O) groups excluding carboxylic acids is 1. The first-order chi connectivity index (χ1) is 13.7. The number of nitrogens with zero attached hydrogens (tertiary/aromatic N) is 1. The van der Waals surface area contributed by atoms with Crippen molar-refractivity contribution in [2.45, 2.75) is 25.8 Å². The van der Waals surface area contributed by atoms with E-state index in [4.69, 9.17) is 0 Å². The fraction of sp³-hybridized carbons (Fsp3) is 0.409. The zero-order chi connectivity index (χ0) is 19.3. The van der Waals surface area contributed by atoms with Crippen LogP contribution >= 0.6 is 12.4 Å². The molecule has 1 unspecified atom stereocenters. The van der Waals surface area contributed by atoms with Crippen LogP contribution in [-0.2, 0) is 13.0 Å². The predicted molar refractivity (Wildman–Crippen MR) is 117 cm³/mol. The summed E-state index contributed by atoms with van der Waals surface area (Å²) in [4.78, 5) is 14.6. The number of fused-ring (bicyclic) bond motifs is 1. The first-order valence-corrected chi connectivity index (χ1v) is 10.0. The average Bonchev–Trinajstić information content (AvgIpc) is 3.17. The summed E-state index contributed by atoms with van der Waals surface area (Å²) in [6, 6.07) is 12.2. The van der Waals surface area contributed by atoms with Crippen LogP contribution in [0.3, 0.4) is 0 Å². The minimum Gasteiger partial charge on any atom is -0.384 e. The van der Waals surface area contributed by atoms with Crippen molar-refractivity contribution in [2.24, 2.45) is 5.92 Å². The number of piperidine rings is 1. The van der Waals surface area contributed by atoms with Crippen LogP contribution in [0.2, 0.25) is 0 Å². The summed E-state index contributed by atoms with van der Waals surface area (Å²) in [5.41, 5.74) is 4.57. The molecule has 3 N–H and O–H groups in total. The molecule has 2 amide bonds. The van der Waals surface area contributed by atoms with Gasteiger partial charge in [-0.15, -0.1) is 12.4 Å². The van der Waals surface area contributed by atoms with Crippen LogP contribution in [-0.4, -0.2) is 37.1 Å². The molecule has 2 aliphatic rings. The van der Waals surface area contributed by atoms with E-state index in [0.717, 1.165) is 45.4 Å². The molecule has 5 nitrogen and oxygen atoms in total. The monoisotopic (exact) mass is 418 g/mol. The fourth-order valence-corrected chi connectivity index (χ4v) is 4.22. The van der Waals surface area contributed by atoms with Gasteiger partial charge in [0.2, 0.25) is 0 Å². The number of halogens is 2. The maximum atomic E-state index is 13.2. The number of para-hydroxylation sites is 1. The third kappa shape index (κ3) is 5.61. The lowest BCUT2D eigenvalue weighted by Crippen LogP contribution is -2.41. The number of hydrogen-bond donors (Lipinski definition) is 3. The minimum absolute atomic E-state index is 0. The molecule has 2 aromatic carbocycles. The normalized spacial score (nSPS) is 18.3. The molecular formula is C22H28ClFN4O. The Morgan fingerprint density at radius 3 is 2.97 bits per heavy atom. The van der Waals surface area contributed by atoms with Gasteiger partial charge in [-0.25, -0.2) is 9.18 Å². The van der Waals surface area contributed by atoms with Gasteiger partial charge in [0.05, 0.1) is 0 Å². The second-order valence-electron chi connectivity index (χ2n) is 7.72. The van der Waals surface area contributed by atoms with Gasteiger partial charge in [0.15, 0.2) is 0 Å². The summed E-state index contributed by atoms with van der Waals surface area (Å²) in [5, 5.41) is 9.14. The molecule has 29 heavy (non-hydrogen) atoms. The van der Waals surface area contributed by atoms with E-state index >= 15 is 0 Å². The first-order valence-electron chi connectivity index (χ1n) is 10.0. The van der Waals surface area contributed by atoms with E-state index in [1.165, 1.54) is 28.9 Å². The lowest BCUT2D eigenvalue weighted by Gasteiger charge is -2.33. The number of anilines is 2. The average molecular weight is 419 g/mol. The Kier molecular flexibility index (Phi) is 7.34. The summed E-state index contributed by atoms with van der Waals surface area (Å²) in [6.07, 6.45) is 3.36. The Labute approximate surface area is 177 Å². The number of likely N-dealkylation sites (tertiary alicyclic amines) is 1. The molecule has 7 heteroatoms. The molecule has 0 saturated carbocycles. The molecule has 1 atom stereocenters. The van der Waals surface area contributed by atoms with E-state index in [2.05, 4.69) is 39.0 Å². The quantitative estimate of drug-likeness (QED) is 0.680. The van der Waals surface area contributed by atoms with Gasteiger partial charge >= 0.3 is 6.03 Å². The Bertz CT molecular complexity index is 847. The maximum absolute atomic E-state index is 13.2. The van der Waals surface area contributed by atoms with Crippen LogP contribution in [0.5, 0.6) is 0 Å². The van der Waals surface area contributed by atoms with Gasteiger partial charge in [0, 0.05) is 37.6 Å². The van der Waals surface area contributed by atoms with Crippen LogP contribution < -0.4 is 16.0 Å². The van der Waals surface area contributed by atoms with E-state index in [9.17, 15) is 9.18 Å². The van der Waals surface area contributed by atoms with Crippen LogP contribution in [0.1, 0.15) is 24.0 Å². The number of amides is 2. The third-order valence-electron chi connectivity index (χ3n) is 5.56. The van der Waals surface area contributed by atoms with E-state index in [1.807, 2.05) is 0 Å². The van der Waals surface area contributed by atoms with Crippen molar-refractivity contribution in [3.63, 3.8) is 0 Å². The van der Waals surface area contributed by atoms with Crippen molar-refractivity contribution in [2.75, 3.05) is 36.8 Å². The zero-order valence-electron chi connectivity index (χ0n) is 16.4. The molecule has 2 heterocycles. The molecule has 0 spiro atoms. The van der Waals surface area contributed by atoms with Gasteiger partial charge in [-0.05, 0) is 61.1 Å². The van der Waals surface area contributed by atoms with E-state index in [1.54, 1.807) is 12.1 Å². The molecule has 4 rings (SSSR count). The van der Waals surface area contributed by atoms with Crippen molar-refractivity contribution >= 4 is 29.8 Å². The standard InChI is InChI=1S/C22H27FN4O.ClH/c23-19-7-2-8-20(12-19)26-22(28)25-13-16-4-3-11-27(14-16)15-18-6-1-5-17-9-10-24-21(17)18;/h1-2,5-8,12,16,24H,3-4,9-11,13-15H2,(H2,25,26,28);1H. The first kappa shape index (κ1) is 21.4. The van der Waals surface area contributed by atoms with E-state index < -0.39 is 0 Å². The summed E-state index contributed by atoms with van der Waals surface area (Å²) in [5.74, 6) is 0.0688. The van der Waals surface area contributed by atoms with Crippen molar-refractivity contribution in [3.05, 3.63) is 59.4 Å². The number of nitrogens with one attached hydrogen (secondary N) is 3. The number of urea groups is 1. The predicted octanol–water partition coefficient (Wildman–Crippen LogP) is 4.25. The number of carbonyl (C=O) groups is 1. The molecule has 2 aromatic rings. The zero-order valence-corrected chi connectivity index (χ0v) is 17.2. The highest BCUT2D eigenvalue weighted by Crippen LogP contribution is 2.28. The van der Waals surface area contributed by atoms with Gasteiger partial charge in [-0.3, -0.25) is 4.90 Å². The molecule has 2 aliphatic heterocycles. The van der Waals surface area contributed by atoms with Crippen molar-refractivity contribution in [1.29, 1.82) is 0 Å². The minimum atomic E-state index is -0.359. The van der Waals surface area contributed by atoms with Crippen molar-refractivity contribution < 1.29 is 9.18 Å². The second kappa shape index (κ2) is 9.94. The Morgan fingerprint density at radius 1 is 1.24 bits per heavy atom. The molecule has 0 aliphatic carbocycles. The van der Waals surface area contributed by atoms with Crippen molar-refractivity contribution in [3.8, 4) is 0 Å². The highest BCUT2D eigenvalue weighted by molar-refractivity contribution is 5.89. The number of benzene rings is 2. The van der Waals surface area contributed by atoms with Gasteiger partial charge in [-0.2, -0.15) is 0 Å². The Balaban J connectivity index is 0.00000240. The Hall–Kier alpha value is -2.31. The molecule has 0 aromatic heterocycles. The van der Waals surface area contributed by atoms with Gasteiger partial charge in [0.1, 0.15) is 5.82 Å². The van der Waals surface area contributed by atoms with Gasteiger partial charge in [0.25, 0.3) is 0 Å². The van der Waals surface area contributed by atoms with E-state index in [0.29, 0.717) is 18.2 Å². The third-order valence-corrected chi connectivity index (χ3v) is 5.56. The number of rotatable bonds is 5. The highest BCUT2D eigenvalue weighted by Gasteiger charge is 2.22. The van der Waals surface area contributed by atoms with Crippen LogP contribution in [0.25, 0.3) is 0 Å². The smallest absolute Gasteiger partial charge is 0.319 e. The fourth-order valence-electron chi connectivity index (χ4n) is 4.22. The summed E-state index contributed by atoms with van der Waals surface area (Å²) < 4.78 is 13.2. The molecule has 1 saturated heterocycles. The Morgan fingerprint density at radius 2 is 2.10 bits per heavy atom. The number of hydrogen-bond acceptors (Lipinski definition) is 3. The molecule has 1 fully saturated rings. The summed E-state index contributed by atoms with van der Waals surface area (Å²) in [7, 11) is 0. The largest absolute Gasteiger partial charge is 0.384 e. The SMILES string of the molecule is Cl.O=C(NCC1CCCN(Cc2cccc3c2NCC3)C1)Nc1cccc(F)c1. The molecule has 0 radical (unpaired) electrons. The maximum Gasteiger partial charge on any atom is 0.319 e. The van der Waals surface area contributed by atoms with Crippen LogP contribution in [0, 0.1) is 11.7 Å². The topological polar surface area (TPSA) is 56.4 Å². The van der Waals surface area contributed by atoms with Gasteiger partial charge in [-0.1, -0.05) is 24.3 Å². The lowest BCUT2D eigenvalue weighted by molar-refractivity contribution is 0.166. The molecule has 156 valence electrons. The van der Waals surface area contributed by atoms with Crippen molar-refractivity contribution in [1.82, 2.24) is 10.2 Å². The summed E-state index contributed by atoms with van der Waals surface area (Å²) >= 11 is 0. The molecule has 0 bridgehead atoms. The van der Waals surface area contributed by atoms with E-state index in [-0.39, 0.29) is 24.3 Å². The van der Waals surface area contributed by atoms with Gasteiger partial charge < -0.3 is 16.0 Å². The van der Waals surface area contributed by atoms with Crippen LogP contribution in [0.4, 0.5) is 20.6 Å². The second-order valence-corrected chi connectivity index (χ2v) is 7.72. The lowest BCUT2D eigenvalue weighted by atomic mass is 9.97. The molecular weight excluding hydrogens is 391 g/mol. The summed E-state index contributed by atoms with van der Waals surface area (Å²) in [6.45, 7) is 4.67. The van der Waals surface area contributed by atoms with Crippen LogP contribution in [0.15, 0.2) is 42.5 Å².